The molecule has 1 aromatic rings. The van der Waals surface area contributed by atoms with Crippen LogP contribution in [0.3, 0.4) is 0 Å². The summed E-state index contributed by atoms with van der Waals surface area (Å²) in [5.74, 6) is 0.206. The van der Waals surface area contributed by atoms with E-state index in [1.807, 2.05) is 21.4 Å². The van der Waals surface area contributed by atoms with Gasteiger partial charge < -0.3 is 14.7 Å². The number of hydrogen-bond donors (Lipinski definition) is 0. The largest absolute Gasteiger partial charge is 0.345 e. The highest BCUT2D eigenvalue weighted by Crippen LogP contribution is 2.33. The maximum atomic E-state index is 12.6. The topological polar surface area (TPSA) is 56.8 Å². The minimum atomic E-state index is -0.125. The number of nitrogens with zero attached hydrogens (tertiary/aromatic N) is 4. The molecule has 0 bridgehead atoms. The third kappa shape index (κ3) is 2.58. The molecular weight excluding hydrogens is 300 g/mol. The summed E-state index contributed by atoms with van der Waals surface area (Å²) < 4.78 is 0. The SMILES string of the molecule is O=C(C1CC(=O)N(C2CC2)C1)N1CCN(c2nccs2)CC1. The van der Waals surface area contributed by atoms with Crippen molar-refractivity contribution in [2.45, 2.75) is 25.3 Å². The quantitative estimate of drug-likeness (QED) is 0.827. The number of thiazole rings is 1. The van der Waals surface area contributed by atoms with Crippen LogP contribution in [0.15, 0.2) is 11.6 Å². The second-order valence-corrected chi connectivity index (χ2v) is 7.18. The lowest BCUT2D eigenvalue weighted by Gasteiger charge is -2.35. The predicted octanol–water partition coefficient (Wildman–Crippen LogP) is 0.803. The van der Waals surface area contributed by atoms with Crippen molar-refractivity contribution in [1.82, 2.24) is 14.8 Å². The van der Waals surface area contributed by atoms with Gasteiger partial charge in [-0.2, -0.15) is 0 Å². The monoisotopic (exact) mass is 320 g/mol. The molecule has 3 heterocycles. The molecule has 7 heteroatoms. The average molecular weight is 320 g/mol. The van der Waals surface area contributed by atoms with E-state index in [9.17, 15) is 9.59 Å². The molecule has 22 heavy (non-hydrogen) atoms. The minimum absolute atomic E-state index is 0.125. The number of anilines is 1. The number of aromatic nitrogens is 1. The maximum absolute atomic E-state index is 12.6. The van der Waals surface area contributed by atoms with Crippen molar-refractivity contribution < 1.29 is 9.59 Å². The molecule has 2 saturated heterocycles. The van der Waals surface area contributed by atoms with E-state index in [1.165, 1.54) is 0 Å². The summed E-state index contributed by atoms with van der Waals surface area (Å²) in [6, 6.07) is 0.423. The summed E-state index contributed by atoms with van der Waals surface area (Å²) in [7, 11) is 0. The lowest BCUT2D eigenvalue weighted by Crippen LogP contribution is -2.50. The third-order valence-electron chi connectivity index (χ3n) is 4.78. The number of piperazine rings is 1. The highest BCUT2D eigenvalue weighted by atomic mass is 32.1. The van der Waals surface area contributed by atoms with Crippen LogP contribution in [0.2, 0.25) is 0 Å². The van der Waals surface area contributed by atoms with Gasteiger partial charge in [0.15, 0.2) is 5.13 Å². The average Bonchev–Trinajstić information content (AvgIpc) is 3.09. The Bertz CT molecular complexity index is 564. The van der Waals surface area contributed by atoms with E-state index in [-0.39, 0.29) is 17.7 Å². The Morgan fingerprint density at radius 1 is 1.23 bits per heavy atom. The molecule has 2 aliphatic heterocycles. The van der Waals surface area contributed by atoms with Crippen molar-refractivity contribution in [3.8, 4) is 0 Å². The van der Waals surface area contributed by atoms with Gasteiger partial charge in [0.05, 0.1) is 5.92 Å². The molecule has 0 N–H and O–H groups in total. The zero-order valence-electron chi connectivity index (χ0n) is 12.5. The van der Waals surface area contributed by atoms with Crippen LogP contribution in [0, 0.1) is 5.92 Å². The van der Waals surface area contributed by atoms with Gasteiger partial charge in [-0.25, -0.2) is 4.98 Å². The first-order valence-corrected chi connectivity index (χ1v) is 8.83. The Kier molecular flexibility index (Phi) is 3.52. The van der Waals surface area contributed by atoms with Gasteiger partial charge in [-0.3, -0.25) is 9.59 Å². The third-order valence-corrected chi connectivity index (χ3v) is 5.61. The summed E-state index contributed by atoms with van der Waals surface area (Å²) in [5.41, 5.74) is 0. The predicted molar refractivity (Wildman–Crippen MR) is 83.7 cm³/mol. The molecule has 3 aliphatic rings. The van der Waals surface area contributed by atoms with Gasteiger partial charge in [0.1, 0.15) is 0 Å². The van der Waals surface area contributed by atoms with E-state index in [2.05, 4.69) is 9.88 Å². The first-order valence-electron chi connectivity index (χ1n) is 7.95. The van der Waals surface area contributed by atoms with E-state index < -0.39 is 0 Å². The molecule has 4 rings (SSSR count). The smallest absolute Gasteiger partial charge is 0.228 e. The van der Waals surface area contributed by atoms with Crippen LogP contribution >= 0.6 is 11.3 Å². The molecule has 6 nitrogen and oxygen atoms in total. The van der Waals surface area contributed by atoms with Crippen molar-refractivity contribution in [2.75, 3.05) is 37.6 Å². The van der Waals surface area contributed by atoms with E-state index in [1.54, 1.807) is 11.3 Å². The fourth-order valence-corrected chi connectivity index (χ4v) is 4.08. The van der Waals surface area contributed by atoms with Crippen LogP contribution in [0.4, 0.5) is 5.13 Å². The van der Waals surface area contributed by atoms with E-state index in [0.717, 1.165) is 44.2 Å². The minimum Gasteiger partial charge on any atom is -0.345 e. The lowest BCUT2D eigenvalue weighted by atomic mass is 10.1. The molecule has 1 saturated carbocycles. The van der Waals surface area contributed by atoms with Crippen molar-refractivity contribution in [3.63, 3.8) is 0 Å². The fourth-order valence-electron chi connectivity index (χ4n) is 3.38. The lowest BCUT2D eigenvalue weighted by molar-refractivity contribution is -0.136. The van der Waals surface area contributed by atoms with Gasteiger partial charge in [-0.05, 0) is 12.8 Å². The fraction of sp³-hybridized carbons (Fsp3) is 0.667. The highest BCUT2D eigenvalue weighted by molar-refractivity contribution is 7.13. The van der Waals surface area contributed by atoms with E-state index >= 15 is 0 Å². The molecule has 0 aromatic carbocycles. The molecule has 1 aromatic heterocycles. The second kappa shape index (κ2) is 5.53. The van der Waals surface area contributed by atoms with Gasteiger partial charge in [0.25, 0.3) is 0 Å². The molecule has 0 spiro atoms. The Hall–Kier alpha value is -1.63. The van der Waals surface area contributed by atoms with Crippen molar-refractivity contribution in [3.05, 3.63) is 11.6 Å². The molecule has 1 atom stereocenters. The second-order valence-electron chi connectivity index (χ2n) is 6.31. The van der Waals surface area contributed by atoms with Crippen LogP contribution in [0.1, 0.15) is 19.3 Å². The zero-order chi connectivity index (χ0) is 15.1. The number of carbonyl (C=O) groups is 2. The molecule has 3 fully saturated rings. The summed E-state index contributed by atoms with van der Waals surface area (Å²) in [4.78, 5) is 35.0. The van der Waals surface area contributed by atoms with Crippen molar-refractivity contribution in [1.29, 1.82) is 0 Å². The van der Waals surface area contributed by atoms with Gasteiger partial charge in [-0.1, -0.05) is 0 Å². The van der Waals surface area contributed by atoms with Crippen LogP contribution in [-0.4, -0.2) is 65.4 Å². The highest BCUT2D eigenvalue weighted by Gasteiger charge is 2.43. The molecule has 118 valence electrons. The molecule has 2 amide bonds. The molecule has 0 radical (unpaired) electrons. The van der Waals surface area contributed by atoms with Gasteiger partial charge in [0.2, 0.25) is 11.8 Å². The number of hydrogen-bond acceptors (Lipinski definition) is 5. The van der Waals surface area contributed by atoms with Crippen LogP contribution in [0.5, 0.6) is 0 Å². The number of rotatable bonds is 3. The molecule has 1 aliphatic carbocycles. The van der Waals surface area contributed by atoms with Gasteiger partial charge in [-0.15, -0.1) is 11.3 Å². The zero-order valence-corrected chi connectivity index (χ0v) is 13.3. The first kappa shape index (κ1) is 14.0. The number of likely N-dealkylation sites (tertiary alicyclic amines) is 1. The van der Waals surface area contributed by atoms with Gasteiger partial charge >= 0.3 is 0 Å². The van der Waals surface area contributed by atoms with Crippen molar-refractivity contribution in [2.24, 2.45) is 5.92 Å². The molecular formula is C15H20N4O2S. The van der Waals surface area contributed by atoms with Crippen LogP contribution in [0.25, 0.3) is 0 Å². The van der Waals surface area contributed by atoms with Crippen LogP contribution < -0.4 is 4.90 Å². The Morgan fingerprint density at radius 3 is 2.64 bits per heavy atom. The summed E-state index contributed by atoms with van der Waals surface area (Å²) >= 11 is 1.64. The van der Waals surface area contributed by atoms with Crippen molar-refractivity contribution >= 4 is 28.3 Å². The van der Waals surface area contributed by atoms with Gasteiger partial charge in [0, 0.05) is 56.8 Å². The first-order chi connectivity index (χ1) is 10.7. The Morgan fingerprint density at radius 2 is 2.00 bits per heavy atom. The summed E-state index contributed by atoms with van der Waals surface area (Å²) in [6.07, 6.45) is 4.44. The van der Waals surface area contributed by atoms with E-state index in [0.29, 0.717) is 19.0 Å². The van der Waals surface area contributed by atoms with Crippen LogP contribution in [-0.2, 0) is 9.59 Å². The summed E-state index contributed by atoms with van der Waals surface area (Å²) in [6.45, 7) is 3.74. The Balaban J connectivity index is 1.33. The standard InChI is InChI=1S/C15H20N4O2S/c20-13-9-11(10-19(13)12-1-2-12)14(21)17-4-6-18(7-5-17)15-16-3-8-22-15/h3,8,11-12H,1-2,4-7,9-10H2. The van der Waals surface area contributed by atoms with E-state index in [4.69, 9.17) is 0 Å². The normalized spacial score (nSPS) is 25.9. The maximum Gasteiger partial charge on any atom is 0.228 e. The Labute approximate surface area is 133 Å². The number of carbonyl (C=O) groups excluding carboxylic acids is 2. The number of amides is 2. The summed E-state index contributed by atoms with van der Waals surface area (Å²) in [5, 5.41) is 3.01. The molecule has 1 unspecified atom stereocenters.